The van der Waals surface area contributed by atoms with Gasteiger partial charge in [0.25, 0.3) is 5.91 Å². The first-order valence-electron chi connectivity index (χ1n) is 8.13. The standard InChI is InChI=1S/C18H19FN2O2/c1-11-9-14(13-6-5-12(19)10-15(13)20-11)18(22)21-7-8-23-17-4-2-3-16(17)21/h5-6,9-10,16-17H,2-4,7-8H2,1H3/t16-,17+/m1/s1. The lowest BCUT2D eigenvalue weighted by Crippen LogP contribution is -2.51. The van der Waals surface area contributed by atoms with Crippen LogP contribution in [0.15, 0.2) is 24.3 Å². The molecule has 5 heteroatoms. The third kappa shape index (κ3) is 2.49. The summed E-state index contributed by atoms with van der Waals surface area (Å²) in [4.78, 5) is 19.4. The molecular weight excluding hydrogens is 295 g/mol. The molecule has 2 atom stereocenters. The van der Waals surface area contributed by atoms with Crippen LogP contribution in [0, 0.1) is 12.7 Å². The number of pyridine rings is 1. The first-order valence-corrected chi connectivity index (χ1v) is 8.13. The Morgan fingerprint density at radius 2 is 2.22 bits per heavy atom. The Balaban J connectivity index is 1.77. The van der Waals surface area contributed by atoms with Crippen LogP contribution in [0.25, 0.3) is 10.9 Å². The highest BCUT2D eigenvalue weighted by atomic mass is 19.1. The number of benzene rings is 1. The van der Waals surface area contributed by atoms with Gasteiger partial charge in [-0.15, -0.1) is 0 Å². The molecule has 120 valence electrons. The van der Waals surface area contributed by atoms with Crippen molar-refractivity contribution in [3.8, 4) is 0 Å². The van der Waals surface area contributed by atoms with E-state index in [1.54, 1.807) is 6.07 Å². The van der Waals surface area contributed by atoms with E-state index < -0.39 is 0 Å². The molecule has 0 radical (unpaired) electrons. The summed E-state index contributed by atoms with van der Waals surface area (Å²) in [6, 6.07) is 6.39. The van der Waals surface area contributed by atoms with Gasteiger partial charge in [0.05, 0.1) is 29.8 Å². The Hall–Kier alpha value is -2.01. The van der Waals surface area contributed by atoms with Gasteiger partial charge in [-0.05, 0) is 44.4 Å². The smallest absolute Gasteiger partial charge is 0.255 e. The van der Waals surface area contributed by atoms with E-state index >= 15 is 0 Å². The van der Waals surface area contributed by atoms with Crippen LogP contribution >= 0.6 is 0 Å². The molecule has 1 amide bonds. The number of carbonyl (C=O) groups is 1. The molecule has 1 aromatic heterocycles. The van der Waals surface area contributed by atoms with Gasteiger partial charge in [0.2, 0.25) is 0 Å². The van der Waals surface area contributed by atoms with E-state index in [1.807, 2.05) is 17.9 Å². The molecule has 1 aliphatic heterocycles. The van der Waals surface area contributed by atoms with Crippen LogP contribution in [-0.2, 0) is 4.74 Å². The topological polar surface area (TPSA) is 42.4 Å². The number of hydrogen-bond acceptors (Lipinski definition) is 3. The van der Waals surface area contributed by atoms with E-state index in [9.17, 15) is 9.18 Å². The molecule has 1 saturated carbocycles. The van der Waals surface area contributed by atoms with Gasteiger partial charge < -0.3 is 9.64 Å². The van der Waals surface area contributed by atoms with Crippen LogP contribution in [-0.4, -0.2) is 41.1 Å². The first-order chi connectivity index (χ1) is 11.1. The molecule has 0 spiro atoms. The molecule has 1 saturated heterocycles. The summed E-state index contributed by atoms with van der Waals surface area (Å²) in [7, 11) is 0. The van der Waals surface area contributed by atoms with Crippen molar-refractivity contribution in [2.45, 2.75) is 38.3 Å². The summed E-state index contributed by atoms with van der Waals surface area (Å²) < 4.78 is 19.3. The summed E-state index contributed by atoms with van der Waals surface area (Å²) >= 11 is 0. The van der Waals surface area contributed by atoms with E-state index in [4.69, 9.17) is 4.74 Å². The maximum absolute atomic E-state index is 13.5. The number of aromatic nitrogens is 1. The molecular formula is C18H19FN2O2. The van der Waals surface area contributed by atoms with Gasteiger partial charge in [-0.1, -0.05) is 0 Å². The monoisotopic (exact) mass is 314 g/mol. The molecule has 23 heavy (non-hydrogen) atoms. The second-order valence-electron chi connectivity index (χ2n) is 6.38. The Labute approximate surface area is 134 Å². The zero-order valence-electron chi connectivity index (χ0n) is 13.1. The average Bonchev–Trinajstić information content (AvgIpc) is 3.01. The molecule has 2 heterocycles. The van der Waals surface area contributed by atoms with Gasteiger partial charge in [0, 0.05) is 23.7 Å². The highest BCUT2D eigenvalue weighted by Gasteiger charge is 2.39. The predicted molar refractivity (Wildman–Crippen MR) is 84.9 cm³/mol. The minimum atomic E-state index is -0.337. The lowest BCUT2D eigenvalue weighted by molar-refractivity contribution is -0.0444. The Morgan fingerprint density at radius 1 is 1.35 bits per heavy atom. The Bertz CT molecular complexity index is 772. The maximum atomic E-state index is 13.5. The highest BCUT2D eigenvalue weighted by Crippen LogP contribution is 2.31. The van der Waals surface area contributed by atoms with Crippen LogP contribution in [0.3, 0.4) is 0 Å². The van der Waals surface area contributed by atoms with Gasteiger partial charge in [-0.2, -0.15) is 0 Å². The zero-order chi connectivity index (χ0) is 16.0. The summed E-state index contributed by atoms with van der Waals surface area (Å²) in [5.41, 5.74) is 1.87. The number of halogens is 1. The summed E-state index contributed by atoms with van der Waals surface area (Å²) in [6.07, 6.45) is 3.28. The number of hydrogen-bond donors (Lipinski definition) is 0. The summed E-state index contributed by atoms with van der Waals surface area (Å²) in [5, 5.41) is 0.711. The largest absolute Gasteiger partial charge is 0.374 e. The van der Waals surface area contributed by atoms with Crippen molar-refractivity contribution in [1.82, 2.24) is 9.88 Å². The second-order valence-corrected chi connectivity index (χ2v) is 6.38. The van der Waals surface area contributed by atoms with Crippen LogP contribution in [0.1, 0.15) is 35.3 Å². The fourth-order valence-corrected chi connectivity index (χ4v) is 3.84. The molecule has 4 rings (SSSR count). The number of rotatable bonds is 1. The van der Waals surface area contributed by atoms with Crippen molar-refractivity contribution in [2.75, 3.05) is 13.2 Å². The number of aryl methyl sites for hydroxylation is 1. The lowest BCUT2D eigenvalue weighted by atomic mass is 10.0. The normalized spacial score (nSPS) is 24.0. The van der Waals surface area contributed by atoms with Crippen molar-refractivity contribution in [3.63, 3.8) is 0 Å². The quantitative estimate of drug-likeness (QED) is 0.812. The number of fused-ring (bicyclic) bond motifs is 2. The van der Waals surface area contributed by atoms with Crippen molar-refractivity contribution in [3.05, 3.63) is 41.3 Å². The second kappa shape index (κ2) is 5.57. The van der Waals surface area contributed by atoms with E-state index in [1.165, 1.54) is 12.1 Å². The number of nitrogens with zero attached hydrogens (tertiary/aromatic N) is 2. The summed E-state index contributed by atoms with van der Waals surface area (Å²) in [5.74, 6) is -0.330. The number of ether oxygens (including phenoxy) is 1. The van der Waals surface area contributed by atoms with Crippen LogP contribution in [0.2, 0.25) is 0 Å². The predicted octanol–water partition coefficient (Wildman–Crippen LogP) is 3.08. The fraction of sp³-hybridized carbons (Fsp3) is 0.444. The average molecular weight is 314 g/mol. The number of carbonyl (C=O) groups excluding carboxylic acids is 1. The molecule has 0 bridgehead atoms. The van der Waals surface area contributed by atoms with Gasteiger partial charge in [0.1, 0.15) is 5.82 Å². The van der Waals surface area contributed by atoms with Gasteiger partial charge in [-0.3, -0.25) is 9.78 Å². The van der Waals surface area contributed by atoms with Crippen molar-refractivity contribution in [1.29, 1.82) is 0 Å². The fourth-order valence-electron chi connectivity index (χ4n) is 3.84. The van der Waals surface area contributed by atoms with E-state index in [-0.39, 0.29) is 23.9 Å². The van der Waals surface area contributed by atoms with E-state index in [0.717, 1.165) is 25.0 Å². The molecule has 2 aromatic rings. The third-order valence-electron chi connectivity index (χ3n) is 4.87. The molecule has 1 aromatic carbocycles. The Morgan fingerprint density at radius 3 is 3.09 bits per heavy atom. The molecule has 0 N–H and O–H groups in total. The van der Waals surface area contributed by atoms with Crippen LogP contribution < -0.4 is 0 Å². The number of morpholine rings is 1. The van der Waals surface area contributed by atoms with Gasteiger partial charge in [0.15, 0.2) is 0 Å². The van der Waals surface area contributed by atoms with Gasteiger partial charge in [-0.25, -0.2) is 4.39 Å². The molecule has 1 aliphatic carbocycles. The molecule has 2 fully saturated rings. The third-order valence-corrected chi connectivity index (χ3v) is 4.87. The first kappa shape index (κ1) is 14.6. The molecule has 2 aliphatic rings. The lowest BCUT2D eigenvalue weighted by Gasteiger charge is -2.38. The van der Waals surface area contributed by atoms with E-state index in [0.29, 0.717) is 29.6 Å². The zero-order valence-corrected chi connectivity index (χ0v) is 13.1. The van der Waals surface area contributed by atoms with Crippen LogP contribution in [0.5, 0.6) is 0 Å². The van der Waals surface area contributed by atoms with Crippen molar-refractivity contribution >= 4 is 16.8 Å². The molecule has 0 unspecified atom stereocenters. The SMILES string of the molecule is Cc1cc(C(=O)N2CCO[C@H]3CCC[C@H]32)c2ccc(F)cc2n1. The van der Waals surface area contributed by atoms with E-state index in [2.05, 4.69) is 4.98 Å². The minimum Gasteiger partial charge on any atom is -0.374 e. The Kier molecular flexibility index (Phi) is 3.53. The van der Waals surface area contributed by atoms with Gasteiger partial charge >= 0.3 is 0 Å². The van der Waals surface area contributed by atoms with Crippen molar-refractivity contribution in [2.24, 2.45) is 0 Å². The number of amides is 1. The maximum Gasteiger partial charge on any atom is 0.255 e. The highest BCUT2D eigenvalue weighted by molar-refractivity contribution is 6.06. The minimum absolute atomic E-state index is 0.00677. The van der Waals surface area contributed by atoms with Crippen LogP contribution in [0.4, 0.5) is 4.39 Å². The van der Waals surface area contributed by atoms with Crippen molar-refractivity contribution < 1.29 is 13.9 Å². The molecule has 4 nitrogen and oxygen atoms in total. The summed E-state index contributed by atoms with van der Waals surface area (Å²) in [6.45, 7) is 3.03.